The van der Waals surface area contributed by atoms with Gasteiger partial charge in [-0.05, 0) is 0 Å². The third-order valence-electron chi connectivity index (χ3n) is 3.42. The van der Waals surface area contributed by atoms with E-state index < -0.39 is 23.5 Å². The fourth-order valence-corrected chi connectivity index (χ4v) is 6.02. The minimum atomic E-state index is -4.39. The summed E-state index contributed by atoms with van der Waals surface area (Å²) < 4.78 is 83.9. The summed E-state index contributed by atoms with van der Waals surface area (Å²) in [5, 5.41) is 0. The molecule has 0 aromatic heterocycles. The topological polar surface area (TPSA) is 9.23 Å². The average molecular weight is 544 g/mol. The summed E-state index contributed by atoms with van der Waals surface area (Å²) in [5.74, 6) is 0. The van der Waals surface area contributed by atoms with E-state index >= 15 is 0 Å². The van der Waals surface area contributed by atoms with E-state index in [1.165, 1.54) is 24.3 Å². The first-order chi connectivity index (χ1) is 13.6. The van der Waals surface area contributed by atoms with Gasteiger partial charge >= 0.3 is 177 Å². The van der Waals surface area contributed by atoms with E-state index in [1.807, 2.05) is 4.97 Å². The molecule has 0 saturated heterocycles. The van der Waals surface area contributed by atoms with Crippen LogP contribution >= 0.6 is 0 Å². The molecule has 0 aliphatic rings. The van der Waals surface area contributed by atoms with Crippen LogP contribution in [0.15, 0.2) is 70.6 Å². The Morgan fingerprint density at radius 2 is 1.31 bits per heavy atom. The molecular weight excluding hydrogens is 528 g/mol. The van der Waals surface area contributed by atoms with Crippen LogP contribution in [0, 0.1) is 0 Å². The second-order valence-corrected chi connectivity index (χ2v) is 10.1. The second kappa shape index (κ2) is 10.5. The minimum absolute atomic E-state index is 0.231. The molecule has 0 atom stereocenters. The number of benzene rings is 2. The molecule has 156 valence electrons. The maximum atomic E-state index is 12.7. The summed E-state index contributed by atoms with van der Waals surface area (Å²) in [4.78, 5) is 1.91. The predicted octanol–water partition coefficient (Wildman–Crippen LogP) is 4.13. The molecule has 0 saturated carbocycles. The fraction of sp³-hybridized carbons (Fsp3) is 0.200. The molecule has 0 aliphatic carbocycles. The Morgan fingerprint density at radius 3 is 1.76 bits per heavy atom. The van der Waals surface area contributed by atoms with E-state index in [2.05, 4.69) is 6.58 Å². The molecular formula is C20H16F6OSe2. The van der Waals surface area contributed by atoms with Gasteiger partial charge in [-0.1, -0.05) is 0 Å². The van der Waals surface area contributed by atoms with E-state index in [0.29, 0.717) is 6.61 Å². The normalized spacial score (nSPS) is 12.8. The molecule has 0 N–H and O–H groups in total. The molecule has 9 heteroatoms. The van der Waals surface area contributed by atoms with Crippen LogP contribution in [0.25, 0.3) is 0 Å². The van der Waals surface area contributed by atoms with Crippen molar-refractivity contribution in [3.05, 3.63) is 81.8 Å². The number of hydrogen-bond donors (Lipinski definition) is 0. The third-order valence-corrected chi connectivity index (χ3v) is 8.27. The molecule has 0 fully saturated rings. The van der Waals surface area contributed by atoms with Crippen molar-refractivity contribution < 1.29 is 31.1 Å². The van der Waals surface area contributed by atoms with Crippen molar-refractivity contribution in [3.63, 3.8) is 0 Å². The molecule has 2 aromatic carbocycles. The van der Waals surface area contributed by atoms with Gasteiger partial charge in [0.2, 0.25) is 0 Å². The van der Waals surface area contributed by atoms with Crippen molar-refractivity contribution in [1.82, 2.24) is 0 Å². The number of halogens is 6. The second-order valence-electron chi connectivity index (χ2n) is 5.65. The SMILES string of the molecule is C=CCOC/C(=C/[Se]c1ccc(C(F)(F)F)cc1)[Se]c1ccc(C(F)(F)F)cc1. The first-order valence-electron chi connectivity index (χ1n) is 8.16. The van der Waals surface area contributed by atoms with E-state index in [1.54, 1.807) is 6.08 Å². The molecule has 29 heavy (non-hydrogen) atoms. The van der Waals surface area contributed by atoms with Crippen LogP contribution < -0.4 is 8.92 Å². The maximum absolute atomic E-state index is 12.7. The van der Waals surface area contributed by atoms with Gasteiger partial charge in [0.05, 0.1) is 0 Å². The number of ether oxygens (including phenoxy) is 1. The van der Waals surface area contributed by atoms with Gasteiger partial charge in [0, 0.05) is 0 Å². The quantitative estimate of drug-likeness (QED) is 0.210. The van der Waals surface area contributed by atoms with Crippen LogP contribution in [0.4, 0.5) is 26.3 Å². The van der Waals surface area contributed by atoms with Gasteiger partial charge in [0.15, 0.2) is 0 Å². The molecule has 0 amide bonds. The Hall–Kier alpha value is -1.50. The van der Waals surface area contributed by atoms with Gasteiger partial charge in [-0.15, -0.1) is 0 Å². The van der Waals surface area contributed by atoms with Gasteiger partial charge in [-0.3, -0.25) is 0 Å². The van der Waals surface area contributed by atoms with Crippen LogP contribution in [-0.4, -0.2) is 43.1 Å². The Kier molecular flexibility index (Phi) is 8.61. The monoisotopic (exact) mass is 546 g/mol. The molecule has 0 heterocycles. The van der Waals surface area contributed by atoms with Crippen molar-refractivity contribution >= 4 is 38.8 Å². The van der Waals surface area contributed by atoms with Crippen molar-refractivity contribution in [2.24, 2.45) is 0 Å². The van der Waals surface area contributed by atoms with E-state index in [9.17, 15) is 26.3 Å². The summed E-state index contributed by atoms with van der Waals surface area (Å²) in [7, 11) is 0. The summed E-state index contributed by atoms with van der Waals surface area (Å²) in [5.41, 5.74) is -1.41. The van der Waals surface area contributed by atoms with Gasteiger partial charge in [-0.25, -0.2) is 0 Å². The van der Waals surface area contributed by atoms with Gasteiger partial charge in [0.1, 0.15) is 0 Å². The number of alkyl halides is 6. The molecule has 2 rings (SSSR count). The fourth-order valence-electron chi connectivity index (χ4n) is 2.05. The Balaban J connectivity index is 2.11. The van der Waals surface area contributed by atoms with Crippen LogP contribution in [0.5, 0.6) is 0 Å². The Morgan fingerprint density at radius 1 is 0.828 bits per heavy atom. The zero-order valence-corrected chi connectivity index (χ0v) is 18.3. The molecule has 0 bridgehead atoms. The van der Waals surface area contributed by atoms with Crippen molar-refractivity contribution in [3.8, 4) is 0 Å². The van der Waals surface area contributed by atoms with Gasteiger partial charge in [0.25, 0.3) is 0 Å². The molecule has 0 radical (unpaired) electrons. The zero-order chi connectivity index (χ0) is 21.5. The summed E-state index contributed by atoms with van der Waals surface area (Å²) in [6, 6.07) is 9.92. The molecule has 0 unspecified atom stereocenters. The van der Waals surface area contributed by atoms with Crippen molar-refractivity contribution in [1.29, 1.82) is 0 Å². The van der Waals surface area contributed by atoms with Gasteiger partial charge < -0.3 is 0 Å². The summed E-state index contributed by atoms with van der Waals surface area (Å²) >= 11 is -0.496. The van der Waals surface area contributed by atoms with E-state index in [-0.39, 0.29) is 36.5 Å². The summed E-state index contributed by atoms with van der Waals surface area (Å²) in [6.45, 7) is 4.18. The zero-order valence-electron chi connectivity index (χ0n) is 14.9. The van der Waals surface area contributed by atoms with E-state index in [4.69, 9.17) is 4.74 Å². The van der Waals surface area contributed by atoms with Crippen molar-refractivity contribution in [2.45, 2.75) is 12.4 Å². The third kappa shape index (κ3) is 8.03. The van der Waals surface area contributed by atoms with E-state index in [0.717, 1.165) is 37.7 Å². The van der Waals surface area contributed by atoms with Crippen LogP contribution in [-0.2, 0) is 17.1 Å². The standard InChI is InChI=1S/C20H16F6OSe2/c1-2-11-27-12-18(29-17-9-5-15(6-10-17)20(24,25)26)13-28-16-7-3-14(4-8-16)19(21,22)23/h2-10,13H,1,11-12H2/b18-13-. The molecule has 1 nitrogen and oxygen atoms in total. The predicted molar refractivity (Wildman–Crippen MR) is 103 cm³/mol. The summed E-state index contributed by atoms with van der Waals surface area (Å²) in [6.07, 6.45) is -7.18. The first-order valence-corrected chi connectivity index (χ1v) is 11.7. The first kappa shape index (κ1) is 23.8. The molecule has 0 aliphatic heterocycles. The van der Waals surface area contributed by atoms with Crippen LogP contribution in [0.2, 0.25) is 0 Å². The number of hydrogen-bond acceptors (Lipinski definition) is 1. The average Bonchev–Trinajstić information content (AvgIpc) is 2.65. The molecule has 2 aromatic rings. The van der Waals surface area contributed by atoms with Crippen LogP contribution in [0.1, 0.15) is 11.1 Å². The van der Waals surface area contributed by atoms with Crippen molar-refractivity contribution in [2.75, 3.05) is 13.2 Å². The number of rotatable bonds is 8. The van der Waals surface area contributed by atoms with Crippen LogP contribution in [0.3, 0.4) is 0 Å². The Labute approximate surface area is 177 Å². The molecule has 0 spiro atoms. The van der Waals surface area contributed by atoms with Gasteiger partial charge in [-0.2, -0.15) is 0 Å². The Bertz CT molecular complexity index is 824.